The highest BCUT2D eigenvalue weighted by atomic mass is 35.5. The van der Waals surface area contributed by atoms with Crippen LogP contribution in [0.1, 0.15) is 43.4 Å². The highest BCUT2D eigenvalue weighted by Crippen LogP contribution is 2.30. The van der Waals surface area contributed by atoms with Gasteiger partial charge in [0.25, 0.3) is 0 Å². The summed E-state index contributed by atoms with van der Waals surface area (Å²) >= 11 is 6.25. The quantitative estimate of drug-likeness (QED) is 0.402. The van der Waals surface area contributed by atoms with E-state index in [4.69, 9.17) is 21.1 Å². The van der Waals surface area contributed by atoms with Gasteiger partial charge in [0.05, 0.1) is 23.9 Å². The molecule has 0 bridgehead atoms. The molecule has 0 fully saturated rings. The Morgan fingerprint density at radius 3 is 2.57 bits per heavy atom. The lowest BCUT2D eigenvalue weighted by Gasteiger charge is -2.12. The minimum absolute atomic E-state index is 0.241. The summed E-state index contributed by atoms with van der Waals surface area (Å²) in [5.74, 6) is 1.16. The molecule has 1 N–H and O–H groups in total. The van der Waals surface area contributed by atoms with Gasteiger partial charge in [0.1, 0.15) is 0 Å². The third-order valence-electron chi connectivity index (χ3n) is 4.13. The Balaban J connectivity index is 2.10. The van der Waals surface area contributed by atoms with Crippen LogP contribution in [0, 0.1) is 13.8 Å². The Bertz CT molecular complexity index is 823. The van der Waals surface area contributed by atoms with E-state index in [1.165, 1.54) is 6.08 Å². The number of nitrogens with one attached hydrogen (secondary N) is 1. The first kappa shape index (κ1) is 21.8. The summed E-state index contributed by atoms with van der Waals surface area (Å²) in [6.45, 7) is 9.14. The topological polar surface area (TPSA) is 47.6 Å². The number of aryl methyl sites for hydroxylation is 2. The molecule has 2 aromatic rings. The third kappa shape index (κ3) is 6.31. The molecule has 2 aromatic carbocycles. The predicted molar refractivity (Wildman–Crippen MR) is 117 cm³/mol. The van der Waals surface area contributed by atoms with Gasteiger partial charge in [0.15, 0.2) is 11.5 Å². The van der Waals surface area contributed by atoms with E-state index in [9.17, 15) is 4.79 Å². The molecule has 5 heteroatoms. The van der Waals surface area contributed by atoms with E-state index in [0.717, 1.165) is 35.3 Å². The number of anilines is 1. The van der Waals surface area contributed by atoms with Gasteiger partial charge in [-0.25, -0.2) is 0 Å². The van der Waals surface area contributed by atoms with Crippen molar-refractivity contribution < 1.29 is 14.3 Å². The number of amides is 1. The average molecular weight is 402 g/mol. The number of benzene rings is 2. The number of rotatable bonds is 9. The number of ether oxygens (including phenoxy) is 2. The molecule has 0 aliphatic rings. The van der Waals surface area contributed by atoms with Crippen LogP contribution in [-0.2, 0) is 4.79 Å². The number of halogens is 1. The van der Waals surface area contributed by atoms with Crippen LogP contribution in [0.4, 0.5) is 5.69 Å². The second-order valence-electron chi connectivity index (χ2n) is 6.60. The van der Waals surface area contributed by atoms with Crippen LogP contribution >= 0.6 is 11.6 Å². The van der Waals surface area contributed by atoms with E-state index in [-0.39, 0.29) is 5.91 Å². The fraction of sp³-hybridized carbons (Fsp3) is 0.348. The maximum absolute atomic E-state index is 12.3. The molecule has 0 unspecified atom stereocenters. The molecule has 150 valence electrons. The van der Waals surface area contributed by atoms with Gasteiger partial charge in [0, 0.05) is 6.08 Å². The minimum atomic E-state index is -0.241. The summed E-state index contributed by atoms with van der Waals surface area (Å²) in [5, 5.41) is 3.38. The zero-order chi connectivity index (χ0) is 20.5. The fourth-order valence-electron chi connectivity index (χ4n) is 2.75. The third-order valence-corrected chi connectivity index (χ3v) is 4.43. The average Bonchev–Trinajstić information content (AvgIpc) is 2.65. The molecule has 0 aliphatic carbocycles. The Morgan fingerprint density at radius 2 is 1.89 bits per heavy atom. The highest BCUT2D eigenvalue weighted by molar-refractivity contribution is 6.34. The van der Waals surface area contributed by atoms with Crippen LogP contribution < -0.4 is 14.8 Å². The lowest BCUT2D eigenvalue weighted by Crippen LogP contribution is -2.09. The maximum atomic E-state index is 12.3. The molecule has 0 aliphatic heterocycles. The Hall–Kier alpha value is -2.46. The van der Waals surface area contributed by atoms with E-state index in [2.05, 4.69) is 12.2 Å². The molecular formula is C23H28ClNO3. The summed E-state index contributed by atoms with van der Waals surface area (Å²) < 4.78 is 11.5. The van der Waals surface area contributed by atoms with Gasteiger partial charge in [-0.3, -0.25) is 4.79 Å². The van der Waals surface area contributed by atoms with Gasteiger partial charge >= 0.3 is 0 Å². The Morgan fingerprint density at radius 1 is 1.11 bits per heavy atom. The zero-order valence-corrected chi connectivity index (χ0v) is 17.7. The fourth-order valence-corrected chi connectivity index (χ4v) is 3.12. The van der Waals surface area contributed by atoms with Gasteiger partial charge in [-0.2, -0.15) is 0 Å². The number of unbranched alkanes of at least 4 members (excludes halogenated alkanes) is 1. The van der Waals surface area contributed by atoms with Crippen molar-refractivity contribution in [3.05, 3.63) is 58.1 Å². The lowest BCUT2D eigenvalue weighted by atomic mass is 10.1. The van der Waals surface area contributed by atoms with Crippen LogP contribution in [0.15, 0.2) is 36.4 Å². The van der Waals surface area contributed by atoms with Crippen molar-refractivity contribution in [2.75, 3.05) is 18.5 Å². The van der Waals surface area contributed by atoms with Crippen molar-refractivity contribution in [1.82, 2.24) is 0 Å². The number of carbonyl (C=O) groups is 1. The van der Waals surface area contributed by atoms with Crippen LogP contribution in [0.5, 0.6) is 11.5 Å². The van der Waals surface area contributed by atoms with Crippen LogP contribution in [0.25, 0.3) is 6.08 Å². The first-order chi connectivity index (χ1) is 13.4. The molecule has 0 heterocycles. The first-order valence-corrected chi connectivity index (χ1v) is 9.97. The molecule has 2 rings (SSSR count). The molecule has 0 aromatic heterocycles. The Labute approximate surface area is 172 Å². The first-order valence-electron chi connectivity index (χ1n) is 9.60. The van der Waals surface area contributed by atoms with Gasteiger partial charge in [-0.15, -0.1) is 0 Å². The van der Waals surface area contributed by atoms with Crippen molar-refractivity contribution >= 4 is 29.3 Å². The largest absolute Gasteiger partial charge is 0.490 e. The molecule has 0 spiro atoms. The van der Waals surface area contributed by atoms with Crippen molar-refractivity contribution in [3.63, 3.8) is 0 Å². The van der Waals surface area contributed by atoms with Crippen molar-refractivity contribution in [1.29, 1.82) is 0 Å². The second-order valence-corrected chi connectivity index (χ2v) is 7.01. The molecular weight excluding hydrogens is 374 g/mol. The van der Waals surface area contributed by atoms with E-state index in [0.29, 0.717) is 29.7 Å². The van der Waals surface area contributed by atoms with Crippen molar-refractivity contribution in [2.24, 2.45) is 0 Å². The van der Waals surface area contributed by atoms with Gasteiger partial charge in [0.2, 0.25) is 5.91 Å². The minimum Gasteiger partial charge on any atom is -0.490 e. The predicted octanol–water partition coefficient (Wildman–Crippen LogP) is 6.19. The standard InChI is InChI=1S/C23H28ClNO3/c1-5-7-12-28-20-10-8-18(15-21(20)27-6-2)9-11-22(26)25-23-17(4)13-16(3)14-19(23)24/h8-11,13-15H,5-7,12H2,1-4H3,(H,25,26)/b11-9+. The van der Waals surface area contributed by atoms with Crippen LogP contribution in [-0.4, -0.2) is 19.1 Å². The lowest BCUT2D eigenvalue weighted by molar-refractivity contribution is -0.111. The number of hydrogen-bond acceptors (Lipinski definition) is 3. The summed E-state index contributed by atoms with van der Waals surface area (Å²) in [7, 11) is 0. The van der Waals surface area contributed by atoms with Gasteiger partial charge in [-0.05, 0) is 68.2 Å². The molecule has 1 amide bonds. The second kappa shape index (κ2) is 10.8. The SMILES string of the molecule is CCCCOc1ccc(/C=C/C(=O)Nc2c(C)cc(C)cc2Cl)cc1OCC. The normalized spacial score (nSPS) is 10.9. The summed E-state index contributed by atoms with van der Waals surface area (Å²) in [5.41, 5.74) is 3.48. The maximum Gasteiger partial charge on any atom is 0.248 e. The Kier molecular flexibility index (Phi) is 8.40. The molecule has 4 nitrogen and oxygen atoms in total. The summed E-state index contributed by atoms with van der Waals surface area (Å²) in [6.07, 6.45) is 5.29. The van der Waals surface area contributed by atoms with Gasteiger partial charge in [-0.1, -0.05) is 37.1 Å². The highest BCUT2D eigenvalue weighted by Gasteiger charge is 2.09. The van der Waals surface area contributed by atoms with Crippen molar-refractivity contribution in [3.8, 4) is 11.5 Å². The van der Waals surface area contributed by atoms with E-state index < -0.39 is 0 Å². The molecule has 28 heavy (non-hydrogen) atoms. The molecule has 0 saturated heterocycles. The van der Waals surface area contributed by atoms with E-state index >= 15 is 0 Å². The van der Waals surface area contributed by atoms with Crippen molar-refractivity contribution in [2.45, 2.75) is 40.5 Å². The van der Waals surface area contributed by atoms with E-state index in [1.54, 1.807) is 6.08 Å². The zero-order valence-electron chi connectivity index (χ0n) is 17.0. The number of carbonyl (C=O) groups excluding carboxylic acids is 1. The summed E-state index contributed by atoms with van der Waals surface area (Å²) in [6, 6.07) is 9.46. The summed E-state index contributed by atoms with van der Waals surface area (Å²) in [4.78, 5) is 12.3. The van der Waals surface area contributed by atoms with E-state index in [1.807, 2.05) is 51.1 Å². The van der Waals surface area contributed by atoms with Crippen LogP contribution in [0.2, 0.25) is 5.02 Å². The molecule has 0 saturated carbocycles. The molecule has 0 atom stereocenters. The molecule has 0 radical (unpaired) electrons. The number of hydrogen-bond donors (Lipinski definition) is 1. The van der Waals surface area contributed by atoms with Crippen LogP contribution in [0.3, 0.4) is 0 Å². The smallest absolute Gasteiger partial charge is 0.248 e. The monoisotopic (exact) mass is 401 g/mol. The van der Waals surface area contributed by atoms with Gasteiger partial charge < -0.3 is 14.8 Å².